The molecule has 1 aromatic heterocycles. The van der Waals surface area contributed by atoms with Crippen molar-refractivity contribution in [3.63, 3.8) is 0 Å². The third-order valence-electron chi connectivity index (χ3n) is 3.40. The van der Waals surface area contributed by atoms with Crippen molar-refractivity contribution in [3.8, 4) is 5.75 Å². The van der Waals surface area contributed by atoms with Crippen molar-refractivity contribution in [1.29, 1.82) is 0 Å². The Hall–Kier alpha value is -1.63. The summed E-state index contributed by atoms with van der Waals surface area (Å²) < 4.78 is 43.6. The van der Waals surface area contributed by atoms with Crippen molar-refractivity contribution in [3.05, 3.63) is 39.7 Å². The average molecular weight is 331 g/mol. The summed E-state index contributed by atoms with van der Waals surface area (Å²) in [4.78, 5) is 12.0. The third kappa shape index (κ3) is 3.40. The Morgan fingerprint density at radius 1 is 1.23 bits per heavy atom. The number of benzene rings is 1. The first-order valence-corrected chi connectivity index (χ1v) is 7.41. The van der Waals surface area contributed by atoms with Gasteiger partial charge in [-0.1, -0.05) is 13.8 Å². The van der Waals surface area contributed by atoms with Crippen LogP contribution < -0.4 is 9.74 Å². The highest BCUT2D eigenvalue weighted by atomic mass is 32.2. The number of alkyl halides is 3. The molecule has 2 rings (SSSR count). The van der Waals surface area contributed by atoms with Crippen LogP contribution in [0.15, 0.2) is 23.0 Å². The molecule has 0 bridgehead atoms. The molecule has 0 saturated heterocycles. The molecule has 0 N–H and O–H groups in total. The fourth-order valence-electron chi connectivity index (χ4n) is 2.20. The predicted octanol–water partition coefficient (Wildman–Crippen LogP) is 4.52. The second kappa shape index (κ2) is 5.87. The topological polar surface area (TPSA) is 31.2 Å². The lowest BCUT2D eigenvalue weighted by Crippen LogP contribution is -2.19. The predicted molar refractivity (Wildman–Crippen MR) is 82.3 cm³/mol. The van der Waals surface area contributed by atoms with Crippen LogP contribution in [0.1, 0.15) is 30.9 Å². The highest BCUT2D eigenvalue weighted by Gasteiger charge is 2.32. The van der Waals surface area contributed by atoms with Gasteiger partial charge in [-0.05, 0) is 36.6 Å². The Kier molecular flexibility index (Phi) is 4.47. The number of aryl methyl sites for hydroxylation is 2. The van der Waals surface area contributed by atoms with Gasteiger partial charge in [-0.25, -0.2) is 0 Å². The van der Waals surface area contributed by atoms with Crippen molar-refractivity contribution in [2.24, 2.45) is 7.05 Å². The summed E-state index contributed by atoms with van der Waals surface area (Å²) in [7, 11) is 1.60. The second-order valence-corrected chi connectivity index (χ2v) is 6.21. The minimum atomic E-state index is -4.49. The monoisotopic (exact) mass is 331 g/mol. The molecule has 2 aromatic rings. The number of rotatable bonds is 3. The summed E-state index contributed by atoms with van der Waals surface area (Å²) in [5.74, 6) is 0.210. The molecule has 0 amide bonds. The summed E-state index contributed by atoms with van der Waals surface area (Å²) in [5.41, 5.74) is -2.85. The standard InChI is InChI=1S/C15H16F3NO2S/c1-8(2)10-6-12-11(5-9(3)14(20)19(12)4)13(7-10)21-22-15(16,17)18/h5-8H,1-4H3. The van der Waals surface area contributed by atoms with E-state index in [1.165, 1.54) is 4.57 Å². The van der Waals surface area contributed by atoms with Gasteiger partial charge in [0, 0.05) is 18.0 Å². The van der Waals surface area contributed by atoms with Crippen molar-refractivity contribution < 1.29 is 17.4 Å². The summed E-state index contributed by atoms with van der Waals surface area (Å²) in [5, 5.41) is 0.487. The summed E-state index contributed by atoms with van der Waals surface area (Å²) in [6.07, 6.45) is 0. The molecule has 0 atom stereocenters. The van der Waals surface area contributed by atoms with E-state index in [1.807, 2.05) is 19.9 Å². The summed E-state index contributed by atoms with van der Waals surface area (Å²) in [6, 6.07) is 4.97. The lowest BCUT2D eigenvalue weighted by Gasteiger charge is -2.15. The number of hydrogen-bond donors (Lipinski definition) is 0. The van der Waals surface area contributed by atoms with Crippen molar-refractivity contribution in [2.45, 2.75) is 32.2 Å². The molecule has 1 aromatic carbocycles. The Morgan fingerprint density at radius 2 is 1.86 bits per heavy atom. The zero-order valence-corrected chi connectivity index (χ0v) is 13.4. The molecule has 0 radical (unpaired) electrons. The maximum Gasteiger partial charge on any atom is 0.479 e. The number of hydrogen-bond acceptors (Lipinski definition) is 3. The van der Waals surface area contributed by atoms with Crippen molar-refractivity contribution in [1.82, 2.24) is 4.57 Å². The molecule has 0 aliphatic heterocycles. The van der Waals surface area contributed by atoms with Crippen molar-refractivity contribution in [2.75, 3.05) is 0 Å². The van der Waals surface area contributed by atoms with Crippen molar-refractivity contribution >= 4 is 22.9 Å². The molecule has 0 spiro atoms. The van der Waals surface area contributed by atoms with E-state index in [-0.39, 0.29) is 17.2 Å². The van der Waals surface area contributed by atoms with Crippen LogP contribution in [0.4, 0.5) is 13.2 Å². The lowest BCUT2D eigenvalue weighted by molar-refractivity contribution is -0.0369. The molecule has 7 heteroatoms. The van der Waals surface area contributed by atoms with Gasteiger partial charge in [-0.3, -0.25) is 4.79 Å². The Bertz CT molecular complexity index is 766. The molecule has 0 fully saturated rings. The van der Waals surface area contributed by atoms with E-state index >= 15 is 0 Å². The SMILES string of the molecule is Cc1cc2c(OSC(F)(F)F)cc(C(C)C)cc2n(C)c1=O. The van der Waals surface area contributed by atoms with Crippen LogP contribution in [-0.2, 0) is 7.05 Å². The molecular weight excluding hydrogens is 315 g/mol. The number of halogens is 3. The van der Waals surface area contributed by atoms with E-state index < -0.39 is 17.6 Å². The Balaban J connectivity index is 2.69. The smallest absolute Gasteiger partial charge is 0.416 e. The molecule has 1 heterocycles. The first-order chi connectivity index (χ1) is 10.1. The van der Waals surface area contributed by atoms with E-state index in [0.717, 1.165) is 5.56 Å². The van der Waals surface area contributed by atoms with Gasteiger partial charge in [0.15, 0.2) is 12.0 Å². The van der Waals surface area contributed by atoms with Gasteiger partial charge in [-0.2, -0.15) is 13.2 Å². The Morgan fingerprint density at radius 3 is 2.41 bits per heavy atom. The fourth-order valence-corrected chi connectivity index (χ4v) is 2.52. The lowest BCUT2D eigenvalue weighted by atomic mass is 10.00. The first kappa shape index (κ1) is 16.7. The summed E-state index contributed by atoms with van der Waals surface area (Å²) in [6.45, 7) is 5.47. The van der Waals surface area contributed by atoms with Gasteiger partial charge in [-0.15, -0.1) is 0 Å². The number of nitrogens with zero attached hydrogens (tertiary/aromatic N) is 1. The number of aromatic nitrogens is 1. The minimum Gasteiger partial charge on any atom is -0.416 e. The minimum absolute atomic E-state index is 0.0963. The second-order valence-electron chi connectivity index (χ2n) is 5.41. The van der Waals surface area contributed by atoms with Gasteiger partial charge < -0.3 is 8.75 Å². The van der Waals surface area contributed by atoms with Crippen LogP contribution in [0, 0.1) is 6.92 Å². The largest absolute Gasteiger partial charge is 0.479 e. The van der Waals surface area contributed by atoms with Crippen LogP contribution in [0.2, 0.25) is 0 Å². The van der Waals surface area contributed by atoms with E-state index in [4.69, 9.17) is 4.18 Å². The molecule has 22 heavy (non-hydrogen) atoms. The van der Waals surface area contributed by atoms with Crippen LogP contribution >= 0.6 is 12.0 Å². The fraction of sp³-hybridized carbons (Fsp3) is 0.400. The van der Waals surface area contributed by atoms with Crippen LogP contribution in [0.3, 0.4) is 0 Å². The van der Waals surface area contributed by atoms with E-state index in [9.17, 15) is 18.0 Å². The van der Waals surface area contributed by atoms with E-state index in [2.05, 4.69) is 0 Å². The Labute approximate surface area is 130 Å². The zero-order chi connectivity index (χ0) is 16.7. The summed E-state index contributed by atoms with van der Waals surface area (Å²) >= 11 is -0.550. The zero-order valence-electron chi connectivity index (χ0n) is 12.6. The normalized spacial score (nSPS) is 12.2. The molecule has 0 unspecified atom stereocenters. The van der Waals surface area contributed by atoms with Crippen LogP contribution in [0.5, 0.6) is 5.75 Å². The van der Waals surface area contributed by atoms with Gasteiger partial charge in [0.1, 0.15) is 5.75 Å². The highest BCUT2D eigenvalue weighted by molar-refractivity contribution is 7.95. The van der Waals surface area contributed by atoms with Gasteiger partial charge in [0.25, 0.3) is 5.56 Å². The van der Waals surface area contributed by atoms with Gasteiger partial charge >= 0.3 is 5.51 Å². The van der Waals surface area contributed by atoms with E-state index in [0.29, 0.717) is 16.5 Å². The van der Waals surface area contributed by atoms with E-state index in [1.54, 1.807) is 26.1 Å². The average Bonchev–Trinajstić information content (AvgIpc) is 2.41. The number of pyridine rings is 1. The molecule has 3 nitrogen and oxygen atoms in total. The molecule has 0 aliphatic rings. The van der Waals surface area contributed by atoms with Gasteiger partial charge in [0.2, 0.25) is 0 Å². The quantitative estimate of drug-likeness (QED) is 0.775. The molecular formula is C15H16F3NO2S. The highest BCUT2D eigenvalue weighted by Crippen LogP contribution is 2.37. The maximum atomic E-state index is 12.4. The van der Waals surface area contributed by atoms with Crippen LogP contribution in [0.25, 0.3) is 10.9 Å². The number of fused-ring (bicyclic) bond motifs is 1. The maximum absolute atomic E-state index is 12.4. The molecule has 0 aliphatic carbocycles. The first-order valence-electron chi connectivity index (χ1n) is 6.67. The third-order valence-corrected chi connectivity index (χ3v) is 3.85. The molecule has 0 saturated carbocycles. The molecule has 120 valence electrons. The van der Waals surface area contributed by atoms with Crippen LogP contribution in [-0.4, -0.2) is 10.1 Å². The van der Waals surface area contributed by atoms with Gasteiger partial charge in [0.05, 0.1) is 5.52 Å².